The van der Waals surface area contributed by atoms with E-state index < -0.39 is 0 Å². The molecule has 1 aromatic heterocycles. The maximum atomic E-state index is 9.98. The number of aliphatic hydroxyl groups is 1. The lowest BCUT2D eigenvalue weighted by atomic mass is 10.1. The van der Waals surface area contributed by atoms with Gasteiger partial charge in [0.1, 0.15) is 0 Å². The highest BCUT2D eigenvalue weighted by Crippen LogP contribution is 2.26. The van der Waals surface area contributed by atoms with E-state index in [1.165, 1.54) is 4.88 Å². The van der Waals surface area contributed by atoms with E-state index in [1.807, 2.05) is 17.6 Å². The van der Waals surface area contributed by atoms with Crippen molar-refractivity contribution in [2.75, 3.05) is 58.4 Å². The summed E-state index contributed by atoms with van der Waals surface area (Å²) in [5.74, 6) is 0.797. The van der Waals surface area contributed by atoms with Crippen molar-refractivity contribution in [1.82, 2.24) is 9.80 Å². The van der Waals surface area contributed by atoms with Gasteiger partial charge in [-0.15, -0.1) is 11.3 Å². The first-order chi connectivity index (χ1) is 10.2. The van der Waals surface area contributed by atoms with Gasteiger partial charge >= 0.3 is 0 Å². The van der Waals surface area contributed by atoms with E-state index in [0.29, 0.717) is 6.04 Å². The van der Waals surface area contributed by atoms with Gasteiger partial charge in [-0.25, -0.2) is 0 Å². The summed E-state index contributed by atoms with van der Waals surface area (Å²) >= 11 is 3.51. The molecule has 2 atom stereocenters. The van der Waals surface area contributed by atoms with Crippen molar-refractivity contribution in [3.63, 3.8) is 0 Å². The Morgan fingerprint density at radius 1 is 1.43 bits per heavy atom. The molecule has 21 heavy (non-hydrogen) atoms. The van der Waals surface area contributed by atoms with E-state index in [2.05, 4.69) is 34.4 Å². The molecule has 1 aliphatic rings. The average Bonchev–Trinajstić information content (AvgIpc) is 3.00. The Kier molecular flexibility index (Phi) is 7.49. The summed E-state index contributed by atoms with van der Waals surface area (Å²) in [6.45, 7) is 5.30. The van der Waals surface area contributed by atoms with Crippen molar-refractivity contribution in [1.29, 1.82) is 0 Å². The van der Waals surface area contributed by atoms with Crippen LogP contribution in [0, 0.1) is 0 Å². The minimum Gasteiger partial charge on any atom is -0.391 e. The molecule has 0 aliphatic carbocycles. The van der Waals surface area contributed by atoms with Crippen LogP contribution in [0.25, 0.3) is 0 Å². The molecule has 2 heterocycles. The summed E-state index contributed by atoms with van der Waals surface area (Å²) < 4.78 is 5.47. The summed E-state index contributed by atoms with van der Waals surface area (Å²) in [5, 5.41) is 12.1. The van der Waals surface area contributed by atoms with Crippen molar-refractivity contribution >= 4 is 23.1 Å². The quantitative estimate of drug-likeness (QED) is 0.786. The van der Waals surface area contributed by atoms with E-state index in [1.54, 1.807) is 11.8 Å². The van der Waals surface area contributed by atoms with Crippen LogP contribution in [0.4, 0.5) is 0 Å². The Hall–Kier alpha value is -0.110. The first kappa shape index (κ1) is 17.2. The molecular formula is C15H26N2O2S2. The minimum absolute atomic E-state index is 0.251. The highest BCUT2D eigenvalue weighted by molar-refractivity contribution is 7.98. The van der Waals surface area contributed by atoms with Crippen molar-refractivity contribution in [2.45, 2.75) is 12.1 Å². The largest absolute Gasteiger partial charge is 0.391 e. The van der Waals surface area contributed by atoms with Gasteiger partial charge in [0.25, 0.3) is 0 Å². The van der Waals surface area contributed by atoms with Crippen LogP contribution >= 0.6 is 23.1 Å². The third kappa shape index (κ3) is 5.54. The Balaban J connectivity index is 1.95. The van der Waals surface area contributed by atoms with Gasteiger partial charge in [-0.3, -0.25) is 4.90 Å². The normalized spacial score (nSPS) is 19.8. The maximum Gasteiger partial charge on any atom is 0.0757 e. The van der Waals surface area contributed by atoms with Gasteiger partial charge in [0, 0.05) is 36.8 Å². The molecular weight excluding hydrogens is 304 g/mol. The predicted molar refractivity (Wildman–Crippen MR) is 91.3 cm³/mol. The number of aliphatic hydroxyl groups excluding tert-OH is 1. The number of likely N-dealkylation sites (N-methyl/N-ethyl adjacent to an activating group) is 1. The van der Waals surface area contributed by atoms with Gasteiger partial charge < -0.3 is 14.7 Å². The van der Waals surface area contributed by atoms with E-state index in [-0.39, 0.29) is 6.10 Å². The molecule has 0 amide bonds. The lowest BCUT2D eigenvalue weighted by Gasteiger charge is -2.36. The Bertz CT molecular complexity index is 383. The van der Waals surface area contributed by atoms with E-state index in [4.69, 9.17) is 4.74 Å². The third-order valence-electron chi connectivity index (χ3n) is 3.72. The molecule has 2 rings (SSSR count). The van der Waals surface area contributed by atoms with Crippen LogP contribution in [-0.2, 0) is 4.74 Å². The zero-order chi connectivity index (χ0) is 15.1. The zero-order valence-electron chi connectivity index (χ0n) is 12.9. The Morgan fingerprint density at radius 3 is 2.81 bits per heavy atom. The molecule has 1 aliphatic heterocycles. The second kappa shape index (κ2) is 9.12. The number of morpholine rings is 1. The molecule has 0 saturated carbocycles. The smallest absolute Gasteiger partial charge is 0.0757 e. The molecule has 120 valence electrons. The maximum absolute atomic E-state index is 9.98. The summed E-state index contributed by atoms with van der Waals surface area (Å²) in [6, 6.07) is 4.74. The van der Waals surface area contributed by atoms with Crippen LogP contribution in [0.15, 0.2) is 17.5 Å². The minimum atomic E-state index is -0.251. The molecule has 0 bridgehead atoms. The molecule has 0 unspecified atom stereocenters. The third-order valence-corrected chi connectivity index (χ3v) is 5.42. The van der Waals surface area contributed by atoms with Crippen LogP contribution in [0.3, 0.4) is 0 Å². The summed E-state index contributed by atoms with van der Waals surface area (Å²) in [6.07, 6.45) is 1.78. The molecule has 1 aromatic rings. The molecule has 0 radical (unpaired) electrons. The van der Waals surface area contributed by atoms with Gasteiger partial charge in [-0.1, -0.05) is 6.07 Å². The highest BCUT2D eigenvalue weighted by Gasteiger charge is 2.25. The molecule has 1 saturated heterocycles. The lowest BCUT2D eigenvalue weighted by Crippen LogP contribution is -2.44. The summed E-state index contributed by atoms with van der Waals surface area (Å²) in [4.78, 5) is 6.16. The first-order valence-electron chi connectivity index (χ1n) is 7.41. The van der Waals surface area contributed by atoms with E-state index in [0.717, 1.165) is 45.1 Å². The van der Waals surface area contributed by atoms with E-state index in [9.17, 15) is 5.11 Å². The molecule has 1 fully saturated rings. The first-order valence-corrected chi connectivity index (χ1v) is 9.68. The number of rotatable bonds is 8. The standard InChI is InChI=1S/C15H26N2O2S2/c1-16(10-13(18)12-20-2)11-14(15-4-3-9-21-15)17-5-7-19-8-6-17/h3-4,9,13-14,18H,5-8,10-12H2,1-2H3/t13-,14+/m0/s1. The predicted octanol–water partition coefficient (Wildman–Crippen LogP) is 1.78. The van der Waals surface area contributed by atoms with Crippen LogP contribution in [0.5, 0.6) is 0 Å². The Morgan fingerprint density at radius 2 is 2.19 bits per heavy atom. The van der Waals surface area contributed by atoms with Gasteiger partial charge in [0.15, 0.2) is 0 Å². The van der Waals surface area contributed by atoms with Gasteiger partial charge in [-0.05, 0) is 24.7 Å². The fourth-order valence-corrected chi connectivity index (χ4v) is 4.07. The Labute approximate surface area is 136 Å². The van der Waals surface area contributed by atoms with Crippen LogP contribution in [0.2, 0.25) is 0 Å². The summed E-state index contributed by atoms with van der Waals surface area (Å²) in [5.41, 5.74) is 0. The number of hydrogen-bond acceptors (Lipinski definition) is 6. The molecule has 6 heteroatoms. The van der Waals surface area contributed by atoms with Gasteiger partial charge in [-0.2, -0.15) is 11.8 Å². The van der Waals surface area contributed by atoms with Crippen molar-refractivity contribution < 1.29 is 9.84 Å². The van der Waals surface area contributed by atoms with Crippen LogP contribution < -0.4 is 0 Å². The number of thiophene rings is 1. The topological polar surface area (TPSA) is 35.9 Å². The average molecular weight is 331 g/mol. The fraction of sp³-hybridized carbons (Fsp3) is 0.733. The number of ether oxygens (including phenoxy) is 1. The van der Waals surface area contributed by atoms with Crippen molar-refractivity contribution in [2.24, 2.45) is 0 Å². The van der Waals surface area contributed by atoms with Crippen LogP contribution in [-0.4, -0.2) is 79.5 Å². The summed E-state index contributed by atoms with van der Waals surface area (Å²) in [7, 11) is 2.10. The second-order valence-corrected chi connectivity index (χ2v) is 7.40. The van der Waals surface area contributed by atoms with Gasteiger partial charge in [0.2, 0.25) is 0 Å². The molecule has 0 spiro atoms. The number of thioether (sulfide) groups is 1. The van der Waals surface area contributed by atoms with E-state index >= 15 is 0 Å². The SMILES string of the molecule is CSC[C@@H](O)CN(C)C[C@H](c1cccs1)N1CCOCC1. The molecule has 0 aromatic carbocycles. The van der Waals surface area contributed by atoms with Gasteiger partial charge in [0.05, 0.1) is 25.4 Å². The lowest BCUT2D eigenvalue weighted by molar-refractivity contribution is 0.00765. The van der Waals surface area contributed by atoms with Crippen LogP contribution in [0.1, 0.15) is 10.9 Å². The molecule has 1 N–H and O–H groups in total. The second-order valence-electron chi connectivity index (χ2n) is 5.51. The monoisotopic (exact) mass is 330 g/mol. The fourth-order valence-electron chi connectivity index (χ4n) is 2.73. The number of nitrogens with zero attached hydrogens (tertiary/aromatic N) is 2. The molecule has 4 nitrogen and oxygen atoms in total. The van der Waals surface area contributed by atoms with Crippen molar-refractivity contribution in [3.05, 3.63) is 22.4 Å². The highest BCUT2D eigenvalue weighted by atomic mass is 32.2. The number of hydrogen-bond donors (Lipinski definition) is 1. The van der Waals surface area contributed by atoms with Crippen molar-refractivity contribution in [3.8, 4) is 0 Å². The zero-order valence-corrected chi connectivity index (χ0v) is 14.5.